The minimum atomic E-state index is -1.10. The van der Waals surface area contributed by atoms with Gasteiger partial charge in [0.1, 0.15) is 0 Å². The van der Waals surface area contributed by atoms with Gasteiger partial charge in [-0.3, -0.25) is 19.9 Å². The minimum Gasteiger partial charge on any atom is -0.452 e. The van der Waals surface area contributed by atoms with Crippen LogP contribution >= 0.6 is 0 Å². The van der Waals surface area contributed by atoms with E-state index in [9.17, 15) is 14.4 Å². The first-order valence-electron chi connectivity index (χ1n) is 10.7. The average molecular weight is 431 g/mol. The molecule has 1 unspecified atom stereocenters. The van der Waals surface area contributed by atoms with Crippen LogP contribution in [0.4, 0.5) is 4.79 Å². The molecule has 2 N–H and O–H groups in total. The fourth-order valence-electron chi connectivity index (χ4n) is 3.62. The lowest BCUT2D eigenvalue weighted by Crippen LogP contribution is -2.45. The molecule has 1 heterocycles. The highest BCUT2D eigenvalue weighted by Gasteiger charge is 2.26. The molecule has 7 heteroatoms. The first-order chi connectivity index (χ1) is 15.4. The molecular formula is C25H25N3O4. The van der Waals surface area contributed by atoms with Crippen molar-refractivity contribution < 1.29 is 19.1 Å². The maximum absolute atomic E-state index is 12.7. The minimum absolute atomic E-state index is 0.0419. The zero-order chi connectivity index (χ0) is 22.7. The SMILES string of the molecule is Cc1nc2ccccc2c(-c2ccccc2)c1CC(=O)OC(C)C(=O)NC(=O)NC1CC1. The number of nitrogens with zero attached hydrogens (tertiary/aromatic N) is 1. The van der Waals surface area contributed by atoms with E-state index in [-0.39, 0.29) is 12.5 Å². The Morgan fingerprint density at radius 1 is 1.06 bits per heavy atom. The van der Waals surface area contributed by atoms with Crippen molar-refractivity contribution in [1.82, 2.24) is 15.6 Å². The maximum Gasteiger partial charge on any atom is 0.321 e. The van der Waals surface area contributed by atoms with Crippen molar-refractivity contribution in [3.05, 3.63) is 65.9 Å². The quantitative estimate of drug-likeness (QED) is 0.581. The van der Waals surface area contributed by atoms with Gasteiger partial charge in [-0.1, -0.05) is 48.5 Å². The number of benzene rings is 2. The van der Waals surface area contributed by atoms with Crippen LogP contribution < -0.4 is 10.6 Å². The van der Waals surface area contributed by atoms with E-state index < -0.39 is 24.0 Å². The van der Waals surface area contributed by atoms with Crippen LogP contribution in [0.1, 0.15) is 31.0 Å². The van der Waals surface area contributed by atoms with Crippen molar-refractivity contribution in [3.63, 3.8) is 0 Å². The number of carbonyl (C=O) groups is 3. The van der Waals surface area contributed by atoms with E-state index in [2.05, 4.69) is 15.6 Å². The molecule has 0 spiro atoms. The lowest BCUT2D eigenvalue weighted by atomic mass is 9.93. The van der Waals surface area contributed by atoms with E-state index in [1.165, 1.54) is 6.92 Å². The van der Waals surface area contributed by atoms with Crippen molar-refractivity contribution in [2.24, 2.45) is 0 Å². The summed E-state index contributed by atoms with van der Waals surface area (Å²) in [6.07, 6.45) is 0.686. The molecule has 1 aliphatic carbocycles. The highest BCUT2D eigenvalue weighted by molar-refractivity contribution is 5.99. The van der Waals surface area contributed by atoms with E-state index in [4.69, 9.17) is 4.74 Å². The third-order valence-electron chi connectivity index (χ3n) is 5.41. The number of hydrogen-bond donors (Lipinski definition) is 2. The molecule has 3 aromatic rings. The van der Waals surface area contributed by atoms with Crippen molar-refractivity contribution >= 4 is 28.8 Å². The Hall–Kier alpha value is -3.74. The number of esters is 1. The Kier molecular flexibility index (Phi) is 6.16. The van der Waals surface area contributed by atoms with Crippen molar-refractivity contribution in [2.45, 2.75) is 45.3 Å². The van der Waals surface area contributed by atoms with Crippen LogP contribution in [-0.2, 0) is 20.7 Å². The van der Waals surface area contributed by atoms with E-state index in [1.807, 2.05) is 61.5 Å². The molecule has 3 amide bonds. The molecule has 1 saturated carbocycles. The van der Waals surface area contributed by atoms with Gasteiger partial charge in [0.25, 0.3) is 5.91 Å². The number of fused-ring (bicyclic) bond motifs is 1. The normalized spacial score (nSPS) is 13.9. The van der Waals surface area contributed by atoms with Gasteiger partial charge in [-0.15, -0.1) is 0 Å². The molecule has 4 rings (SSSR count). The summed E-state index contributed by atoms with van der Waals surface area (Å²) >= 11 is 0. The summed E-state index contributed by atoms with van der Waals surface area (Å²) in [7, 11) is 0. The number of nitrogens with one attached hydrogen (secondary N) is 2. The van der Waals surface area contributed by atoms with Crippen molar-refractivity contribution in [1.29, 1.82) is 0 Å². The molecule has 0 radical (unpaired) electrons. The molecule has 32 heavy (non-hydrogen) atoms. The molecule has 2 aromatic carbocycles. The number of amides is 3. The number of para-hydroxylation sites is 1. The third-order valence-corrected chi connectivity index (χ3v) is 5.41. The number of carbonyl (C=O) groups excluding carboxylic acids is 3. The van der Waals surface area contributed by atoms with Gasteiger partial charge in [-0.2, -0.15) is 0 Å². The van der Waals surface area contributed by atoms with Gasteiger partial charge in [0, 0.05) is 17.1 Å². The van der Waals surface area contributed by atoms with Crippen LogP contribution in [0.2, 0.25) is 0 Å². The Morgan fingerprint density at radius 3 is 2.47 bits per heavy atom. The molecule has 0 bridgehead atoms. The monoisotopic (exact) mass is 431 g/mol. The second kappa shape index (κ2) is 9.18. The second-order valence-corrected chi connectivity index (χ2v) is 7.98. The zero-order valence-corrected chi connectivity index (χ0v) is 18.1. The molecule has 0 aliphatic heterocycles. The molecule has 1 fully saturated rings. The number of aromatic nitrogens is 1. The van der Waals surface area contributed by atoms with E-state index in [1.54, 1.807) is 0 Å². The summed E-state index contributed by atoms with van der Waals surface area (Å²) in [4.78, 5) is 41.4. The van der Waals surface area contributed by atoms with E-state index in [0.29, 0.717) is 0 Å². The summed E-state index contributed by atoms with van der Waals surface area (Å²) in [6.45, 7) is 3.31. The number of hydrogen-bond acceptors (Lipinski definition) is 5. The van der Waals surface area contributed by atoms with Crippen LogP contribution in [0.5, 0.6) is 0 Å². The summed E-state index contributed by atoms with van der Waals surface area (Å²) in [5, 5.41) is 5.82. The molecule has 1 aromatic heterocycles. The average Bonchev–Trinajstić information content (AvgIpc) is 3.58. The number of aryl methyl sites for hydroxylation is 1. The zero-order valence-electron chi connectivity index (χ0n) is 18.1. The molecule has 1 aliphatic rings. The van der Waals surface area contributed by atoms with Gasteiger partial charge in [-0.25, -0.2) is 4.79 Å². The van der Waals surface area contributed by atoms with Gasteiger partial charge in [0.2, 0.25) is 0 Å². The Labute approximate surface area is 186 Å². The van der Waals surface area contributed by atoms with Crippen molar-refractivity contribution in [2.75, 3.05) is 0 Å². The smallest absolute Gasteiger partial charge is 0.321 e. The van der Waals surface area contributed by atoms with E-state index in [0.717, 1.165) is 46.1 Å². The van der Waals surface area contributed by atoms with Gasteiger partial charge >= 0.3 is 12.0 Å². The lowest BCUT2D eigenvalue weighted by molar-refractivity contribution is -0.153. The van der Waals surface area contributed by atoms with Gasteiger partial charge in [0.05, 0.1) is 11.9 Å². The third kappa shape index (κ3) is 4.94. The van der Waals surface area contributed by atoms with Crippen LogP contribution in [0, 0.1) is 6.92 Å². The largest absolute Gasteiger partial charge is 0.452 e. The number of ether oxygens (including phenoxy) is 1. The Balaban J connectivity index is 1.54. The highest BCUT2D eigenvalue weighted by Crippen LogP contribution is 2.33. The summed E-state index contributed by atoms with van der Waals surface area (Å²) in [6, 6.07) is 17.2. The van der Waals surface area contributed by atoms with Crippen LogP contribution in [0.25, 0.3) is 22.0 Å². The van der Waals surface area contributed by atoms with Crippen LogP contribution in [0.15, 0.2) is 54.6 Å². The molecule has 7 nitrogen and oxygen atoms in total. The summed E-state index contributed by atoms with van der Waals surface area (Å²) in [5.74, 6) is -1.22. The predicted octanol–water partition coefficient (Wildman–Crippen LogP) is 3.67. The van der Waals surface area contributed by atoms with Gasteiger partial charge in [0.15, 0.2) is 6.10 Å². The number of urea groups is 1. The molecule has 1 atom stereocenters. The van der Waals surface area contributed by atoms with E-state index >= 15 is 0 Å². The highest BCUT2D eigenvalue weighted by atomic mass is 16.5. The predicted molar refractivity (Wildman–Crippen MR) is 121 cm³/mol. The Bertz CT molecular complexity index is 1170. The molecular weight excluding hydrogens is 406 g/mol. The fourth-order valence-corrected chi connectivity index (χ4v) is 3.62. The fraction of sp³-hybridized carbons (Fsp3) is 0.280. The number of pyridine rings is 1. The molecule has 0 saturated heterocycles. The van der Waals surface area contributed by atoms with Crippen molar-refractivity contribution in [3.8, 4) is 11.1 Å². The molecule has 164 valence electrons. The second-order valence-electron chi connectivity index (χ2n) is 7.98. The standard InChI is InChI=1S/C25H25N3O4/c1-15-20(14-22(29)32-16(2)24(30)28-25(31)27-18-12-13-18)23(17-8-4-3-5-9-17)19-10-6-7-11-21(19)26-15/h3-11,16,18H,12-14H2,1-2H3,(H2,27,28,30,31). The van der Waals surface area contributed by atoms with Gasteiger partial charge < -0.3 is 10.1 Å². The Morgan fingerprint density at radius 2 is 1.75 bits per heavy atom. The van der Waals surface area contributed by atoms with Gasteiger partial charge in [-0.05, 0) is 49.4 Å². The topological polar surface area (TPSA) is 97.4 Å². The number of imide groups is 1. The van der Waals surface area contributed by atoms with Crippen LogP contribution in [0.3, 0.4) is 0 Å². The first kappa shape index (κ1) is 21.5. The summed E-state index contributed by atoms with van der Waals surface area (Å²) in [5.41, 5.74) is 4.21. The maximum atomic E-state index is 12.7. The number of rotatable bonds is 6. The summed E-state index contributed by atoms with van der Waals surface area (Å²) < 4.78 is 5.34. The lowest BCUT2D eigenvalue weighted by Gasteiger charge is -2.17. The van der Waals surface area contributed by atoms with Crippen LogP contribution in [-0.4, -0.2) is 35.0 Å². The first-order valence-corrected chi connectivity index (χ1v) is 10.7.